The van der Waals surface area contributed by atoms with Crippen LogP contribution in [0.5, 0.6) is 0 Å². The third-order valence-electron chi connectivity index (χ3n) is 7.99. The molecule has 0 N–H and O–H groups in total. The van der Waals surface area contributed by atoms with Gasteiger partial charge in [-0.3, -0.25) is 0 Å². The molecule has 1 fully saturated rings. The number of hydrogen-bond acceptors (Lipinski definition) is 0. The monoisotopic (exact) mass is 410 g/mol. The first kappa shape index (κ1) is 20.5. The Morgan fingerprint density at radius 1 is 0.871 bits per heavy atom. The predicted octanol–water partition coefficient (Wildman–Crippen LogP) is 7.36. The average molecular weight is 411 g/mol. The Labute approximate surface area is 188 Å². The molecule has 0 unspecified atom stereocenters. The number of benzene rings is 2. The summed E-state index contributed by atoms with van der Waals surface area (Å²) in [6.07, 6.45) is 8.72. The largest absolute Gasteiger partial charge is 0.213 e. The molecule has 0 amide bonds. The Hall–Kier alpha value is -2.41. The first-order chi connectivity index (χ1) is 14.7. The lowest BCUT2D eigenvalue weighted by atomic mass is 9.70. The van der Waals surface area contributed by atoms with Crippen molar-refractivity contribution in [2.45, 2.75) is 72.6 Å². The molecule has 5 rings (SSSR count). The van der Waals surface area contributed by atoms with Crippen molar-refractivity contribution in [3.63, 3.8) is 0 Å². The lowest BCUT2D eigenvalue weighted by Crippen LogP contribution is -2.33. The van der Waals surface area contributed by atoms with Crippen molar-refractivity contribution in [2.75, 3.05) is 0 Å². The second-order valence-corrected chi connectivity index (χ2v) is 11.0. The number of aromatic nitrogens is 1. The lowest BCUT2D eigenvalue weighted by Gasteiger charge is -2.35. The van der Waals surface area contributed by atoms with E-state index in [9.17, 15) is 0 Å². The molecule has 1 aromatic heterocycles. The van der Waals surface area contributed by atoms with Crippen LogP contribution in [-0.2, 0) is 13.5 Å². The topological polar surface area (TPSA) is 3.88 Å². The first-order valence-corrected chi connectivity index (χ1v) is 12.0. The minimum atomic E-state index is 0.507. The summed E-state index contributed by atoms with van der Waals surface area (Å²) in [5.41, 5.74) is 14.9. The highest BCUT2D eigenvalue weighted by atomic mass is 14.9. The van der Waals surface area contributed by atoms with Crippen molar-refractivity contribution in [3.8, 4) is 22.4 Å². The van der Waals surface area contributed by atoms with Crippen LogP contribution in [0.4, 0.5) is 0 Å². The summed E-state index contributed by atoms with van der Waals surface area (Å²) < 4.78 is 2.36. The maximum atomic E-state index is 2.54. The van der Waals surface area contributed by atoms with E-state index in [1.165, 1.54) is 75.9 Å². The third-order valence-corrected chi connectivity index (χ3v) is 7.99. The van der Waals surface area contributed by atoms with Crippen LogP contribution in [0.1, 0.15) is 78.8 Å². The summed E-state index contributed by atoms with van der Waals surface area (Å²) >= 11 is 0. The van der Waals surface area contributed by atoms with Crippen molar-refractivity contribution in [1.29, 1.82) is 0 Å². The molecule has 0 aliphatic heterocycles. The molecule has 160 valence electrons. The van der Waals surface area contributed by atoms with Gasteiger partial charge in [0, 0.05) is 11.6 Å². The minimum absolute atomic E-state index is 0.507. The summed E-state index contributed by atoms with van der Waals surface area (Å²) in [6, 6.07) is 14.2. The van der Waals surface area contributed by atoms with E-state index in [1.807, 2.05) is 0 Å². The number of nitrogens with zero attached hydrogens (tertiary/aromatic N) is 1. The Kier molecular flexibility index (Phi) is 4.84. The van der Waals surface area contributed by atoms with Crippen LogP contribution in [0, 0.1) is 26.2 Å². The first-order valence-electron chi connectivity index (χ1n) is 12.0. The zero-order valence-electron chi connectivity index (χ0n) is 20.1. The van der Waals surface area contributed by atoms with E-state index in [0.717, 1.165) is 6.42 Å². The van der Waals surface area contributed by atoms with Crippen molar-refractivity contribution in [3.05, 3.63) is 76.0 Å². The van der Waals surface area contributed by atoms with Crippen LogP contribution < -0.4 is 4.57 Å². The summed E-state index contributed by atoms with van der Waals surface area (Å²) in [4.78, 5) is 0. The van der Waals surface area contributed by atoms with E-state index in [-0.39, 0.29) is 0 Å². The Balaban J connectivity index is 1.63. The molecule has 3 aromatic rings. The van der Waals surface area contributed by atoms with Crippen LogP contribution in [0.2, 0.25) is 0 Å². The fraction of sp³-hybridized carbons (Fsp3) is 0.433. The standard InChI is InChI=1S/C30H36N/c1-19-7-9-23-16-27-24(26(23)15-19)10-8-20(2)29(27)28-17-25(21(3)18-31(28)6)22-11-13-30(4,5)14-12-22/h7-10,15,17-18,22H,11-14,16H2,1-6H3/q+1. The van der Waals surface area contributed by atoms with Gasteiger partial charge in [-0.1, -0.05) is 49.7 Å². The van der Waals surface area contributed by atoms with Gasteiger partial charge in [0.25, 0.3) is 0 Å². The molecule has 1 heteroatoms. The minimum Gasteiger partial charge on any atom is -0.201 e. The van der Waals surface area contributed by atoms with Crippen LogP contribution in [0.15, 0.2) is 42.6 Å². The van der Waals surface area contributed by atoms with Gasteiger partial charge in [-0.05, 0) is 97.6 Å². The van der Waals surface area contributed by atoms with Crippen LogP contribution in [0.3, 0.4) is 0 Å². The molecule has 0 saturated heterocycles. The van der Waals surface area contributed by atoms with Gasteiger partial charge >= 0.3 is 0 Å². The maximum Gasteiger partial charge on any atom is 0.213 e. The summed E-state index contributed by atoms with van der Waals surface area (Å²) in [5, 5.41) is 0. The molecule has 2 aliphatic carbocycles. The Bertz CT molecular complexity index is 1170. The number of rotatable bonds is 2. The van der Waals surface area contributed by atoms with Gasteiger partial charge in [0.1, 0.15) is 7.05 Å². The van der Waals surface area contributed by atoms with Gasteiger partial charge in [0.15, 0.2) is 6.20 Å². The fourth-order valence-corrected chi connectivity index (χ4v) is 6.04. The fourth-order valence-electron chi connectivity index (χ4n) is 6.04. The number of hydrogen-bond donors (Lipinski definition) is 0. The zero-order chi connectivity index (χ0) is 21.9. The van der Waals surface area contributed by atoms with E-state index in [4.69, 9.17) is 0 Å². The maximum absolute atomic E-state index is 2.54. The normalized spacial score (nSPS) is 17.5. The van der Waals surface area contributed by atoms with Gasteiger partial charge in [0.05, 0.1) is 5.56 Å². The smallest absolute Gasteiger partial charge is 0.201 e. The molecule has 31 heavy (non-hydrogen) atoms. The lowest BCUT2D eigenvalue weighted by molar-refractivity contribution is -0.660. The molecular weight excluding hydrogens is 374 g/mol. The molecule has 1 heterocycles. The highest BCUT2D eigenvalue weighted by molar-refractivity contribution is 5.85. The van der Waals surface area contributed by atoms with Gasteiger partial charge in [0.2, 0.25) is 5.69 Å². The summed E-state index contributed by atoms with van der Waals surface area (Å²) in [6.45, 7) is 11.7. The third kappa shape index (κ3) is 3.53. The average Bonchev–Trinajstić information content (AvgIpc) is 3.07. The quantitative estimate of drug-likeness (QED) is 0.304. The Morgan fingerprint density at radius 2 is 1.61 bits per heavy atom. The number of pyridine rings is 1. The molecule has 2 aromatic carbocycles. The molecule has 1 nitrogen and oxygen atoms in total. The second kappa shape index (κ2) is 7.33. The van der Waals surface area contributed by atoms with E-state index in [0.29, 0.717) is 11.3 Å². The molecule has 1 saturated carbocycles. The molecule has 0 spiro atoms. The number of aryl methyl sites for hydroxylation is 4. The van der Waals surface area contributed by atoms with E-state index >= 15 is 0 Å². The Morgan fingerprint density at radius 3 is 2.35 bits per heavy atom. The van der Waals surface area contributed by atoms with E-state index in [2.05, 4.69) is 88.8 Å². The van der Waals surface area contributed by atoms with Crippen LogP contribution in [-0.4, -0.2) is 0 Å². The highest BCUT2D eigenvalue weighted by Crippen LogP contribution is 2.45. The zero-order valence-corrected chi connectivity index (χ0v) is 20.1. The SMILES string of the molecule is Cc1ccc2c(c1)-c1ccc(C)c(-c3cc(C4CCC(C)(C)CC4)c(C)c[n+]3C)c1C2. The van der Waals surface area contributed by atoms with Crippen LogP contribution >= 0.6 is 0 Å². The molecule has 0 radical (unpaired) electrons. The second-order valence-electron chi connectivity index (χ2n) is 11.0. The number of fused-ring (bicyclic) bond motifs is 3. The van der Waals surface area contributed by atoms with Crippen molar-refractivity contribution in [2.24, 2.45) is 12.5 Å². The van der Waals surface area contributed by atoms with Gasteiger partial charge in [-0.2, -0.15) is 0 Å². The van der Waals surface area contributed by atoms with E-state index in [1.54, 1.807) is 5.56 Å². The van der Waals surface area contributed by atoms with Crippen molar-refractivity contribution < 1.29 is 4.57 Å². The van der Waals surface area contributed by atoms with E-state index < -0.39 is 0 Å². The summed E-state index contributed by atoms with van der Waals surface area (Å²) in [5.74, 6) is 0.699. The van der Waals surface area contributed by atoms with Crippen molar-refractivity contribution in [1.82, 2.24) is 0 Å². The predicted molar refractivity (Wildman–Crippen MR) is 130 cm³/mol. The molecular formula is C30H36N+. The summed E-state index contributed by atoms with van der Waals surface area (Å²) in [7, 11) is 2.22. The molecule has 2 aliphatic rings. The highest BCUT2D eigenvalue weighted by Gasteiger charge is 2.31. The van der Waals surface area contributed by atoms with Crippen molar-refractivity contribution >= 4 is 0 Å². The van der Waals surface area contributed by atoms with Gasteiger partial charge in [-0.15, -0.1) is 0 Å². The van der Waals surface area contributed by atoms with Crippen LogP contribution in [0.25, 0.3) is 22.4 Å². The van der Waals surface area contributed by atoms with Gasteiger partial charge in [-0.25, -0.2) is 4.57 Å². The van der Waals surface area contributed by atoms with Gasteiger partial charge < -0.3 is 0 Å². The molecule has 0 atom stereocenters. The molecule has 0 bridgehead atoms.